The minimum Gasteiger partial charge on any atom is -0.478 e. The molecule has 0 heterocycles. The zero-order valence-corrected chi connectivity index (χ0v) is 13.0. The van der Waals surface area contributed by atoms with Crippen LogP contribution in [-0.2, 0) is 20.2 Å². The van der Waals surface area contributed by atoms with Gasteiger partial charge in [-0.15, -0.1) is 0 Å². The van der Waals surface area contributed by atoms with Crippen molar-refractivity contribution in [3.63, 3.8) is 0 Å². The van der Waals surface area contributed by atoms with Gasteiger partial charge in [-0.25, -0.2) is 9.59 Å². The van der Waals surface area contributed by atoms with Gasteiger partial charge in [0, 0.05) is 10.8 Å². The fourth-order valence-electron chi connectivity index (χ4n) is 2.15. The predicted molar refractivity (Wildman–Crippen MR) is 77.5 cm³/mol. The molecule has 24 heavy (non-hydrogen) atoms. The molecule has 0 aromatic heterocycles. The lowest BCUT2D eigenvalue weighted by molar-refractivity contribution is 0.0683. The Labute approximate surface area is 134 Å². The molecule has 2 rings (SSSR count). The van der Waals surface area contributed by atoms with Crippen molar-refractivity contribution in [3.8, 4) is 0 Å². The Morgan fingerprint density at radius 3 is 1.79 bits per heavy atom. The monoisotopic (exact) mass is 376 g/mol. The van der Waals surface area contributed by atoms with Crippen LogP contribution in [0, 0.1) is 0 Å². The molecule has 0 radical (unpaired) electrons. The molecule has 2 aromatic carbocycles. The van der Waals surface area contributed by atoms with E-state index in [0.29, 0.717) is 6.07 Å². The number of hydrogen-bond donors (Lipinski definition) is 4. The molecule has 0 aliphatic carbocycles. The highest BCUT2D eigenvalue weighted by Crippen LogP contribution is 2.33. The van der Waals surface area contributed by atoms with E-state index in [4.69, 9.17) is 10.2 Å². The molecule has 0 amide bonds. The van der Waals surface area contributed by atoms with E-state index in [-0.39, 0.29) is 0 Å². The Hall–Kier alpha value is -2.54. The Bertz CT molecular complexity index is 1100. The van der Waals surface area contributed by atoms with Crippen molar-refractivity contribution < 1.29 is 45.7 Å². The van der Waals surface area contributed by atoms with Crippen LogP contribution in [0.15, 0.2) is 34.1 Å². The maximum atomic E-state index is 11.5. The van der Waals surface area contributed by atoms with Crippen molar-refractivity contribution in [2.45, 2.75) is 9.79 Å². The normalized spacial score (nSPS) is 12.2. The zero-order chi connectivity index (χ0) is 18.4. The third-order valence-electron chi connectivity index (χ3n) is 3.06. The number of benzene rings is 2. The van der Waals surface area contributed by atoms with Gasteiger partial charge in [0.2, 0.25) is 0 Å². The molecule has 10 nitrogen and oxygen atoms in total. The van der Waals surface area contributed by atoms with Gasteiger partial charge in [-0.2, -0.15) is 16.8 Å². The zero-order valence-electron chi connectivity index (χ0n) is 11.4. The third kappa shape index (κ3) is 3.07. The largest absolute Gasteiger partial charge is 0.478 e. The summed E-state index contributed by atoms with van der Waals surface area (Å²) in [7, 11) is -10.1. The molecule has 0 aliphatic heterocycles. The molecule has 128 valence electrons. The van der Waals surface area contributed by atoms with Crippen LogP contribution in [0.25, 0.3) is 10.8 Å². The molecule has 0 fully saturated rings. The summed E-state index contributed by atoms with van der Waals surface area (Å²) in [5.74, 6) is -3.36. The second kappa shape index (κ2) is 5.52. The van der Waals surface area contributed by atoms with Crippen LogP contribution in [0.2, 0.25) is 0 Å². The van der Waals surface area contributed by atoms with Gasteiger partial charge in [-0.3, -0.25) is 9.11 Å². The lowest BCUT2D eigenvalue weighted by Crippen LogP contribution is -2.12. The summed E-state index contributed by atoms with van der Waals surface area (Å²) in [4.78, 5) is 20.1. The van der Waals surface area contributed by atoms with Gasteiger partial charge in [0.25, 0.3) is 20.2 Å². The Morgan fingerprint density at radius 2 is 1.38 bits per heavy atom. The summed E-state index contributed by atoms with van der Waals surface area (Å²) >= 11 is 0. The predicted octanol–water partition coefficient (Wildman–Crippen LogP) is 0.730. The maximum Gasteiger partial charge on any atom is 0.337 e. The number of carboxylic acid groups (broad SMARTS) is 2. The minimum absolute atomic E-state index is 0.328. The van der Waals surface area contributed by atoms with Gasteiger partial charge in [0.15, 0.2) is 0 Å². The quantitative estimate of drug-likeness (QED) is 0.555. The number of hydrogen-bond acceptors (Lipinski definition) is 6. The Kier molecular flexibility index (Phi) is 4.10. The maximum absolute atomic E-state index is 11.5. The van der Waals surface area contributed by atoms with Crippen molar-refractivity contribution in [2.24, 2.45) is 0 Å². The first-order chi connectivity index (χ1) is 10.8. The first kappa shape index (κ1) is 17.8. The smallest absolute Gasteiger partial charge is 0.337 e. The standard InChI is InChI=1S/C12H8O10S2/c13-11(14)5-1-2-6-7(3-5)9(23(17,18)19)4-8(12(15)16)10(6)24(20,21)22/h1-4H,(H,13,14)(H,15,16)(H,17,18,19)(H,20,21,22). The molecule has 0 unspecified atom stereocenters. The van der Waals surface area contributed by atoms with Crippen LogP contribution in [-0.4, -0.2) is 48.1 Å². The molecular formula is C12H8O10S2. The number of rotatable bonds is 4. The molecular weight excluding hydrogens is 368 g/mol. The van der Waals surface area contributed by atoms with E-state index in [0.717, 1.165) is 18.2 Å². The molecule has 0 bridgehead atoms. The average Bonchev–Trinajstić information content (AvgIpc) is 2.42. The van der Waals surface area contributed by atoms with E-state index >= 15 is 0 Å². The van der Waals surface area contributed by atoms with E-state index in [9.17, 15) is 35.5 Å². The summed E-state index contributed by atoms with van der Waals surface area (Å²) in [6, 6.07) is 2.78. The first-order valence-electron chi connectivity index (χ1n) is 5.86. The van der Waals surface area contributed by atoms with Crippen molar-refractivity contribution in [3.05, 3.63) is 35.4 Å². The topological polar surface area (TPSA) is 183 Å². The van der Waals surface area contributed by atoms with E-state index < -0.39 is 63.9 Å². The highest BCUT2D eigenvalue weighted by Gasteiger charge is 2.29. The van der Waals surface area contributed by atoms with Crippen molar-refractivity contribution in [1.29, 1.82) is 0 Å². The Balaban J connectivity index is 3.21. The van der Waals surface area contributed by atoms with Crippen molar-refractivity contribution in [1.82, 2.24) is 0 Å². The molecule has 0 saturated heterocycles. The first-order valence-corrected chi connectivity index (χ1v) is 8.74. The number of carboxylic acids is 2. The van der Waals surface area contributed by atoms with E-state index in [1.807, 2.05) is 0 Å². The van der Waals surface area contributed by atoms with E-state index in [1.165, 1.54) is 0 Å². The molecule has 2 aromatic rings. The lowest BCUT2D eigenvalue weighted by Gasteiger charge is -2.12. The van der Waals surface area contributed by atoms with Crippen LogP contribution in [0.1, 0.15) is 20.7 Å². The van der Waals surface area contributed by atoms with Crippen molar-refractivity contribution in [2.75, 3.05) is 0 Å². The molecule has 12 heteroatoms. The molecule has 4 N–H and O–H groups in total. The summed E-state index contributed by atoms with van der Waals surface area (Å²) in [6.07, 6.45) is 0. The van der Waals surface area contributed by atoms with Crippen LogP contribution in [0.4, 0.5) is 0 Å². The summed E-state index contributed by atoms with van der Waals surface area (Å²) in [6.45, 7) is 0. The van der Waals surface area contributed by atoms with Crippen molar-refractivity contribution >= 4 is 42.9 Å². The van der Waals surface area contributed by atoms with E-state index in [1.54, 1.807) is 0 Å². The number of aromatic carboxylic acids is 2. The SMILES string of the molecule is O=C(O)c1ccc2c(S(=O)(=O)O)c(C(=O)O)cc(S(=O)(=O)O)c2c1. The molecule has 0 saturated carbocycles. The van der Waals surface area contributed by atoms with Crippen LogP contribution >= 0.6 is 0 Å². The summed E-state index contributed by atoms with van der Waals surface area (Å²) < 4.78 is 64.5. The fraction of sp³-hybridized carbons (Fsp3) is 0. The van der Waals surface area contributed by atoms with E-state index in [2.05, 4.69) is 0 Å². The Morgan fingerprint density at radius 1 is 0.792 bits per heavy atom. The van der Waals surface area contributed by atoms with Gasteiger partial charge in [-0.1, -0.05) is 6.07 Å². The van der Waals surface area contributed by atoms with Crippen LogP contribution in [0.5, 0.6) is 0 Å². The number of carbonyl (C=O) groups is 2. The summed E-state index contributed by atoms with van der Waals surface area (Å²) in [5, 5.41) is 16.9. The molecule has 0 atom stereocenters. The van der Waals surface area contributed by atoms with Gasteiger partial charge >= 0.3 is 11.9 Å². The number of fused-ring (bicyclic) bond motifs is 1. The van der Waals surface area contributed by atoms with Gasteiger partial charge in [0.05, 0.1) is 11.1 Å². The highest BCUT2D eigenvalue weighted by molar-refractivity contribution is 7.86. The lowest BCUT2D eigenvalue weighted by atomic mass is 10.0. The summed E-state index contributed by atoms with van der Waals surface area (Å²) in [5.41, 5.74) is -1.54. The van der Waals surface area contributed by atoms with Gasteiger partial charge < -0.3 is 10.2 Å². The second-order valence-electron chi connectivity index (χ2n) is 4.57. The van der Waals surface area contributed by atoms with Gasteiger partial charge in [0.1, 0.15) is 9.79 Å². The second-order valence-corrected chi connectivity index (χ2v) is 7.32. The average molecular weight is 376 g/mol. The van der Waals surface area contributed by atoms with Crippen LogP contribution < -0.4 is 0 Å². The molecule has 0 spiro atoms. The fourth-order valence-corrected chi connectivity index (χ4v) is 3.74. The third-order valence-corrected chi connectivity index (χ3v) is 4.91. The minimum atomic E-state index is -5.11. The van der Waals surface area contributed by atoms with Gasteiger partial charge in [-0.05, 0) is 18.2 Å². The highest BCUT2D eigenvalue weighted by atomic mass is 32.2. The molecule has 0 aliphatic rings. The van der Waals surface area contributed by atoms with Crippen LogP contribution in [0.3, 0.4) is 0 Å².